The Morgan fingerprint density at radius 3 is 2.77 bits per heavy atom. The fourth-order valence-corrected chi connectivity index (χ4v) is 3.20. The fourth-order valence-electron chi connectivity index (χ4n) is 2.21. The molecule has 3 N–H and O–H groups in total. The molecule has 1 aromatic heterocycles. The number of nitrogens with zero attached hydrogens (tertiary/aromatic N) is 3. The smallest absolute Gasteiger partial charge is 0.237 e. The minimum absolute atomic E-state index is 0.303. The lowest BCUT2D eigenvalue weighted by molar-refractivity contribution is -0.115. The summed E-state index contributed by atoms with van der Waals surface area (Å²) < 4.78 is 14.5. The summed E-state index contributed by atoms with van der Waals surface area (Å²) >= 11 is 7.30. The number of hydrogen-bond donors (Lipinski definition) is 2. The van der Waals surface area contributed by atoms with Gasteiger partial charge in [-0.25, -0.2) is 9.07 Å². The molecule has 2 aromatic carbocycles. The molecule has 0 radical (unpaired) electrons. The molecule has 1 amide bonds. The number of rotatable bonds is 5. The van der Waals surface area contributed by atoms with Crippen molar-refractivity contribution in [3.8, 4) is 11.4 Å². The largest absolute Gasteiger partial charge is 0.335 e. The molecule has 0 aliphatic rings. The zero-order valence-corrected chi connectivity index (χ0v) is 15.3. The summed E-state index contributed by atoms with van der Waals surface area (Å²) in [5.41, 5.74) is 1.03. The highest BCUT2D eigenvalue weighted by Gasteiger charge is 2.21. The highest BCUT2D eigenvalue weighted by atomic mass is 35.5. The van der Waals surface area contributed by atoms with Gasteiger partial charge in [0.2, 0.25) is 11.1 Å². The first-order valence-electron chi connectivity index (χ1n) is 7.64. The maximum atomic E-state index is 13.2. The van der Waals surface area contributed by atoms with Gasteiger partial charge in [0.15, 0.2) is 5.82 Å². The number of benzene rings is 2. The van der Waals surface area contributed by atoms with Crippen LogP contribution in [0.2, 0.25) is 5.02 Å². The zero-order chi connectivity index (χ0) is 18.7. The van der Waals surface area contributed by atoms with Crippen molar-refractivity contribution < 1.29 is 9.18 Å². The minimum Gasteiger partial charge on any atom is -0.335 e. The Morgan fingerprint density at radius 2 is 2.04 bits per heavy atom. The second-order valence-corrected chi connectivity index (χ2v) is 7.13. The van der Waals surface area contributed by atoms with Gasteiger partial charge in [-0.3, -0.25) is 4.79 Å². The standard InChI is InChI=1S/C17H15ClFN5OS/c1-10(16(25)21-12-6-4-5-11(19)9-12)26-17-23-22-15(24(17)20)13-7-2-3-8-14(13)18/h2-10H,20H2,1H3,(H,21,25)/t10-/m1/s1. The normalized spacial score (nSPS) is 12.0. The van der Waals surface area contributed by atoms with Gasteiger partial charge in [-0.1, -0.05) is 41.6 Å². The maximum absolute atomic E-state index is 13.2. The average molecular weight is 392 g/mol. The van der Waals surface area contributed by atoms with Gasteiger partial charge in [0.05, 0.1) is 10.3 Å². The van der Waals surface area contributed by atoms with Gasteiger partial charge in [-0.15, -0.1) is 10.2 Å². The first-order valence-corrected chi connectivity index (χ1v) is 8.90. The molecule has 3 aromatic rings. The fraction of sp³-hybridized carbons (Fsp3) is 0.118. The van der Waals surface area contributed by atoms with E-state index in [1.54, 1.807) is 31.2 Å². The molecular formula is C17H15ClFN5OS. The highest BCUT2D eigenvalue weighted by molar-refractivity contribution is 8.00. The molecule has 0 aliphatic carbocycles. The third-order valence-electron chi connectivity index (χ3n) is 3.52. The van der Waals surface area contributed by atoms with E-state index in [-0.39, 0.29) is 5.91 Å². The molecule has 6 nitrogen and oxygen atoms in total. The number of carbonyl (C=O) groups excluding carboxylic acids is 1. The summed E-state index contributed by atoms with van der Waals surface area (Å²) in [5, 5.41) is 11.1. The molecule has 0 aliphatic heterocycles. The van der Waals surface area contributed by atoms with Crippen molar-refractivity contribution in [1.29, 1.82) is 0 Å². The number of hydrogen-bond acceptors (Lipinski definition) is 5. The van der Waals surface area contributed by atoms with Gasteiger partial charge >= 0.3 is 0 Å². The summed E-state index contributed by atoms with van der Waals surface area (Å²) in [6.45, 7) is 1.70. The Labute approximate surface area is 158 Å². The summed E-state index contributed by atoms with van der Waals surface area (Å²) in [6, 6.07) is 12.8. The van der Waals surface area contributed by atoms with E-state index in [4.69, 9.17) is 17.4 Å². The molecule has 9 heteroatoms. The quantitative estimate of drug-likeness (QED) is 0.513. The lowest BCUT2D eigenvalue weighted by Crippen LogP contribution is -2.23. The van der Waals surface area contributed by atoms with Gasteiger partial charge in [0, 0.05) is 11.3 Å². The molecule has 0 spiro atoms. The molecule has 134 valence electrons. The first kappa shape index (κ1) is 18.2. The van der Waals surface area contributed by atoms with Crippen LogP contribution in [-0.4, -0.2) is 26.0 Å². The van der Waals surface area contributed by atoms with E-state index in [9.17, 15) is 9.18 Å². The number of aromatic nitrogens is 3. The number of anilines is 1. The number of nitrogens with one attached hydrogen (secondary N) is 1. The van der Waals surface area contributed by atoms with E-state index in [1.165, 1.54) is 22.9 Å². The molecule has 3 rings (SSSR count). The summed E-state index contributed by atoms with van der Waals surface area (Å²) in [7, 11) is 0. The molecule has 0 unspecified atom stereocenters. The van der Waals surface area contributed by atoms with E-state index in [0.29, 0.717) is 27.3 Å². The second kappa shape index (κ2) is 7.76. The SMILES string of the molecule is C[C@@H](Sc1nnc(-c2ccccc2Cl)n1N)C(=O)Nc1cccc(F)c1. The lowest BCUT2D eigenvalue weighted by atomic mass is 10.2. The molecule has 1 atom stereocenters. The van der Waals surface area contributed by atoms with E-state index in [0.717, 1.165) is 11.8 Å². The van der Waals surface area contributed by atoms with Crippen LogP contribution in [0, 0.1) is 5.82 Å². The van der Waals surface area contributed by atoms with Crippen molar-refractivity contribution in [1.82, 2.24) is 14.9 Å². The van der Waals surface area contributed by atoms with Crippen molar-refractivity contribution in [3.63, 3.8) is 0 Å². The van der Waals surface area contributed by atoms with Gasteiger partial charge in [-0.2, -0.15) is 0 Å². The third-order valence-corrected chi connectivity index (χ3v) is 4.91. The minimum atomic E-state index is -0.524. The number of amides is 1. The Hall–Kier alpha value is -2.58. The monoisotopic (exact) mass is 391 g/mol. The van der Waals surface area contributed by atoms with Gasteiger partial charge in [0.25, 0.3) is 0 Å². The third kappa shape index (κ3) is 3.97. The zero-order valence-electron chi connectivity index (χ0n) is 13.7. The van der Waals surface area contributed by atoms with Crippen molar-refractivity contribution in [2.45, 2.75) is 17.3 Å². The number of carbonyl (C=O) groups is 1. The molecule has 1 heterocycles. The summed E-state index contributed by atoms with van der Waals surface area (Å²) in [4.78, 5) is 12.3. The van der Waals surface area contributed by atoms with Crippen LogP contribution < -0.4 is 11.2 Å². The molecular weight excluding hydrogens is 377 g/mol. The van der Waals surface area contributed by atoms with E-state index in [1.807, 2.05) is 6.07 Å². The molecule has 0 fully saturated rings. The van der Waals surface area contributed by atoms with Crippen LogP contribution in [0.4, 0.5) is 10.1 Å². The van der Waals surface area contributed by atoms with Gasteiger partial charge in [-0.05, 0) is 37.3 Å². The summed E-state index contributed by atoms with van der Waals surface area (Å²) in [6.07, 6.45) is 0. The van der Waals surface area contributed by atoms with Crippen LogP contribution in [-0.2, 0) is 4.79 Å². The predicted octanol–water partition coefficient (Wildman–Crippen LogP) is 3.57. The molecule has 0 saturated carbocycles. The number of thioether (sulfide) groups is 1. The van der Waals surface area contributed by atoms with E-state index in [2.05, 4.69) is 15.5 Å². The van der Waals surface area contributed by atoms with Crippen molar-refractivity contribution in [2.24, 2.45) is 0 Å². The van der Waals surface area contributed by atoms with Crippen LogP contribution in [0.1, 0.15) is 6.92 Å². The topological polar surface area (TPSA) is 85.8 Å². The first-order chi connectivity index (χ1) is 12.5. The average Bonchev–Trinajstić information content (AvgIpc) is 2.96. The van der Waals surface area contributed by atoms with Gasteiger partial charge in [0.1, 0.15) is 5.82 Å². The molecule has 26 heavy (non-hydrogen) atoms. The van der Waals surface area contributed by atoms with Crippen LogP contribution in [0.25, 0.3) is 11.4 Å². The molecule has 0 saturated heterocycles. The number of halogens is 2. The predicted molar refractivity (Wildman–Crippen MR) is 101 cm³/mol. The Balaban J connectivity index is 1.73. The van der Waals surface area contributed by atoms with Crippen LogP contribution in [0.5, 0.6) is 0 Å². The van der Waals surface area contributed by atoms with Crippen LogP contribution in [0.15, 0.2) is 53.7 Å². The molecule has 0 bridgehead atoms. The lowest BCUT2D eigenvalue weighted by Gasteiger charge is -2.11. The highest BCUT2D eigenvalue weighted by Crippen LogP contribution is 2.29. The van der Waals surface area contributed by atoms with Crippen molar-refractivity contribution >= 4 is 35.0 Å². The van der Waals surface area contributed by atoms with Gasteiger partial charge < -0.3 is 11.2 Å². The maximum Gasteiger partial charge on any atom is 0.237 e. The Kier molecular flexibility index (Phi) is 5.43. The second-order valence-electron chi connectivity index (χ2n) is 5.42. The van der Waals surface area contributed by atoms with Crippen molar-refractivity contribution in [3.05, 3.63) is 59.4 Å². The Bertz CT molecular complexity index is 948. The number of nitrogens with two attached hydrogens (primary N) is 1. The van der Waals surface area contributed by atoms with Crippen LogP contribution >= 0.6 is 23.4 Å². The Morgan fingerprint density at radius 1 is 1.27 bits per heavy atom. The summed E-state index contributed by atoms with van der Waals surface area (Å²) in [5.74, 6) is 5.73. The van der Waals surface area contributed by atoms with Crippen LogP contribution in [0.3, 0.4) is 0 Å². The number of nitrogen functional groups attached to an aromatic ring is 1. The van der Waals surface area contributed by atoms with Crippen molar-refractivity contribution in [2.75, 3.05) is 11.2 Å². The van der Waals surface area contributed by atoms with E-state index >= 15 is 0 Å². The van der Waals surface area contributed by atoms with E-state index < -0.39 is 11.1 Å².